The van der Waals surface area contributed by atoms with Gasteiger partial charge in [0.05, 0.1) is 13.2 Å². The van der Waals surface area contributed by atoms with Crippen LogP contribution in [-0.4, -0.2) is 40.0 Å². The molecule has 3 nitrogen and oxygen atoms in total. The standard InChI is InChI=1S/C17H28ClNO2/c1-3-9-19-14-16(8-10-21-12-11-20-2)13-15-4-6-17(18)7-5-15/h4-7,16,19H,3,8-14H2,1-2H3. The van der Waals surface area contributed by atoms with E-state index >= 15 is 0 Å². The van der Waals surface area contributed by atoms with Crippen LogP contribution in [-0.2, 0) is 15.9 Å². The van der Waals surface area contributed by atoms with Crippen molar-refractivity contribution in [3.05, 3.63) is 34.9 Å². The molecule has 1 N–H and O–H groups in total. The van der Waals surface area contributed by atoms with Gasteiger partial charge in [-0.25, -0.2) is 0 Å². The normalized spacial score (nSPS) is 12.5. The summed E-state index contributed by atoms with van der Waals surface area (Å²) in [6, 6.07) is 8.15. The van der Waals surface area contributed by atoms with E-state index < -0.39 is 0 Å². The Labute approximate surface area is 134 Å². The number of halogens is 1. The van der Waals surface area contributed by atoms with Crippen molar-refractivity contribution in [1.82, 2.24) is 5.32 Å². The average molecular weight is 314 g/mol. The van der Waals surface area contributed by atoms with E-state index in [4.69, 9.17) is 21.1 Å². The van der Waals surface area contributed by atoms with Gasteiger partial charge in [-0.1, -0.05) is 30.7 Å². The van der Waals surface area contributed by atoms with Crippen LogP contribution in [0.15, 0.2) is 24.3 Å². The molecule has 0 saturated heterocycles. The maximum Gasteiger partial charge on any atom is 0.0700 e. The second-order valence-electron chi connectivity index (χ2n) is 5.29. The van der Waals surface area contributed by atoms with Gasteiger partial charge in [-0.2, -0.15) is 0 Å². The van der Waals surface area contributed by atoms with Crippen molar-refractivity contribution in [2.45, 2.75) is 26.2 Å². The zero-order valence-electron chi connectivity index (χ0n) is 13.2. The summed E-state index contributed by atoms with van der Waals surface area (Å²) >= 11 is 5.94. The summed E-state index contributed by atoms with van der Waals surface area (Å²) in [5.41, 5.74) is 1.33. The Morgan fingerprint density at radius 2 is 1.90 bits per heavy atom. The van der Waals surface area contributed by atoms with Crippen LogP contribution in [0, 0.1) is 5.92 Å². The van der Waals surface area contributed by atoms with E-state index in [1.165, 1.54) is 5.56 Å². The Morgan fingerprint density at radius 3 is 2.57 bits per heavy atom. The molecular weight excluding hydrogens is 286 g/mol. The zero-order valence-corrected chi connectivity index (χ0v) is 14.0. The Morgan fingerprint density at radius 1 is 1.14 bits per heavy atom. The Balaban J connectivity index is 2.37. The van der Waals surface area contributed by atoms with Crippen molar-refractivity contribution < 1.29 is 9.47 Å². The largest absolute Gasteiger partial charge is 0.382 e. The summed E-state index contributed by atoms with van der Waals surface area (Å²) in [4.78, 5) is 0. The number of hydrogen-bond acceptors (Lipinski definition) is 3. The first kappa shape index (κ1) is 18.4. The van der Waals surface area contributed by atoms with E-state index in [0.717, 1.165) is 44.0 Å². The predicted molar refractivity (Wildman–Crippen MR) is 89.1 cm³/mol. The molecule has 0 bridgehead atoms. The molecule has 0 aliphatic heterocycles. The fourth-order valence-corrected chi connectivity index (χ4v) is 2.33. The van der Waals surface area contributed by atoms with Crippen molar-refractivity contribution in [3.63, 3.8) is 0 Å². The van der Waals surface area contributed by atoms with E-state index in [0.29, 0.717) is 19.1 Å². The highest BCUT2D eigenvalue weighted by Gasteiger charge is 2.10. The average Bonchev–Trinajstić information content (AvgIpc) is 2.49. The summed E-state index contributed by atoms with van der Waals surface area (Å²) in [6.07, 6.45) is 3.28. The van der Waals surface area contributed by atoms with Gasteiger partial charge >= 0.3 is 0 Å². The van der Waals surface area contributed by atoms with E-state index in [1.54, 1.807) is 7.11 Å². The fourth-order valence-electron chi connectivity index (χ4n) is 2.21. The van der Waals surface area contributed by atoms with Gasteiger partial charge in [-0.3, -0.25) is 0 Å². The van der Waals surface area contributed by atoms with Gasteiger partial charge in [0.1, 0.15) is 0 Å². The Bertz CT molecular complexity index is 356. The van der Waals surface area contributed by atoms with Crippen molar-refractivity contribution in [2.75, 3.05) is 40.0 Å². The second-order valence-corrected chi connectivity index (χ2v) is 5.73. The van der Waals surface area contributed by atoms with Gasteiger partial charge < -0.3 is 14.8 Å². The molecule has 0 amide bonds. The molecule has 120 valence electrons. The van der Waals surface area contributed by atoms with E-state index in [2.05, 4.69) is 24.4 Å². The van der Waals surface area contributed by atoms with Gasteiger partial charge in [0.25, 0.3) is 0 Å². The van der Waals surface area contributed by atoms with Crippen LogP contribution in [0.3, 0.4) is 0 Å². The van der Waals surface area contributed by atoms with Crippen LogP contribution in [0.5, 0.6) is 0 Å². The minimum atomic E-state index is 0.584. The number of methoxy groups -OCH3 is 1. The Hall–Kier alpha value is -0.610. The highest BCUT2D eigenvalue weighted by atomic mass is 35.5. The molecule has 1 atom stereocenters. The molecule has 0 radical (unpaired) electrons. The first-order valence-electron chi connectivity index (χ1n) is 7.78. The van der Waals surface area contributed by atoms with Crippen molar-refractivity contribution in [2.24, 2.45) is 5.92 Å². The summed E-state index contributed by atoms with van der Waals surface area (Å²) in [6.45, 7) is 6.42. The number of nitrogens with one attached hydrogen (secondary N) is 1. The predicted octanol–water partition coefficient (Wildman–Crippen LogP) is 3.55. The molecule has 0 saturated carbocycles. The summed E-state index contributed by atoms with van der Waals surface area (Å²) in [5.74, 6) is 0.584. The molecule has 1 aromatic carbocycles. The van der Waals surface area contributed by atoms with Crippen molar-refractivity contribution in [1.29, 1.82) is 0 Å². The molecule has 0 aromatic heterocycles. The van der Waals surface area contributed by atoms with Crippen LogP contribution >= 0.6 is 11.6 Å². The molecule has 1 aromatic rings. The molecule has 1 rings (SSSR count). The van der Waals surface area contributed by atoms with Crippen LogP contribution in [0.2, 0.25) is 5.02 Å². The van der Waals surface area contributed by atoms with Gasteiger partial charge in [0.2, 0.25) is 0 Å². The molecule has 21 heavy (non-hydrogen) atoms. The monoisotopic (exact) mass is 313 g/mol. The van der Waals surface area contributed by atoms with Gasteiger partial charge in [0.15, 0.2) is 0 Å². The topological polar surface area (TPSA) is 30.5 Å². The minimum Gasteiger partial charge on any atom is -0.382 e. The lowest BCUT2D eigenvalue weighted by Gasteiger charge is -2.18. The first-order chi connectivity index (χ1) is 10.3. The third kappa shape index (κ3) is 9.10. The first-order valence-corrected chi connectivity index (χ1v) is 8.16. The van der Waals surface area contributed by atoms with Crippen molar-refractivity contribution >= 4 is 11.6 Å². The number of hydrogen-bond donors (Lipinski definition) is 1. The maximum atomic E-state index is 5.94. The van der Waals surface area contributed by atoms with E-state index in [1.807, 2.05) is 12.1 Å². The number of ether oxygens (including phenoxy) is 2. The van der Waals surface area contributed by atoms with Crippen LogP contribution in [0.25, 0.3) is 0 Å². The number of rotatable bonds is 12. The summed E-state index contributed by atoms with van der Waals surface area (Å²) in [5, 5.41) is 4.31. The smallest absolute Gasteiger partial charge is 0.0700 e. The number of benzene rings is 1. The summed E-state index contributed by atoms with van der Waals surface area (Å²) < 4.78 is 10.6. The SMILES string of the molecule is CCCNCC(CCOCCOC)Cc1ccc(Cl)cc1. The third-order valence-electron chi connectivity index (χ3n) is 3.40. The van der Waals surface area contributed by atoms with Gasteiger partial charge in [-0.15, -0.1) is 0 Å². The lowest BCUT2D eigenvalue weighted by Crippen LogP contribution is -2.26. The molecule has 0 spiro atoms. The summed E-state index contributed by atoms with van der Waals surface area (Å²) in [7, 11) is 1.70. The van der Waals surface area contributed by atoms with Crippen LogP contribution in [0.4, 0.5) is 0 Å². The fraction of sp³-hybridized carbons (Fsp3) is 0.647. The van der Waals surface area contributed by atoms with E-state index in [-0.39, 0.29) is 0 Å². The van der Waals surface area contributed by atoms with Gasteiger partial charge in [0, 0.05) is 18.7 Å². The molecule has 0 aliphatic rings. The molecule has 0 heterocycles. The van der Waals surface area contributed by atoms with Crippen molar-refractivity contribution in [3.8, 4) is 0 Å². The molecular formula is C17H28ClNO2. The minimum absolute atomic E-state index is 0.584. The molecule has 1 unspecified atom stereocenters. The highest BCUT2D eigenvalue weighted by Crippen LogP contribution is 2.15. The molecule has 0 fully saturated rings. The van der Waals surface area contributed by atoms with E-state index in [9.17, 15) is 0 Å². The lowest BCUT2D eigenvalue weighted by molar-refractivity contribution is 0.0636. The highest BCUT2D eigenvalue weighted by molar-refractivity contribution is 6.30. The van der Waals surface area contributed by atoms with Gasteiger partial charge in [-0.05, 0) is 56.0 Å². The quantitative estimate of drug-likeness (QED) is 0.599. The maximum absolute atomic E-state index is 5.94. The zero-order chi connectivity index (χ0) is 15.3. The lowest BCUT2D eigenvalue weighted by atomic mass is 9.96. The van der Waals surface area contributed by atoms with Crippen LogP contribution in [0.1, 0.15) is 25.3 Å². The second kappa shape index (κ2) is 12.0. The Kier molecular flexibility index (Phi) is 10.5. The van der Waals surface area contributed by atoms with Crippen LogP contribution < -0.4 is 5.32 Å². The molecule has 0 aliphatic carbocycles. The molecule has 4 heteroatoms. The third-order valence-corrected chi connectivity index (χ3v) is 3.65.